The van der Waals surface area contributed by atoms with Gasteiger partial charge in [0.2, 0.25) is 5.88 Å². The van der Waals surface area contributed by atoms with E-state index in [2.05, 4.69) is 4.98 Å². The predicted molar refractivity (Wildman–Crippen MR) is 51.0 cm³/mol. The van der Waals surface area contributed by atoms with Crippen LogP contribution in [0.5, 0.6) is 5.88 Å². The van der Waals surface area contributed by atoms with Crippen molar-refractivity contribution in [1.82, 2.24) is 4.98 Å². The molecule has 0 atom stereocenters. The Hall–Kier alpha value is -0.510. The van der Waals surface area contributed by atoms with Gasteiger partial charge in [0, 0.05) is 0 Å². The SMILES string of the molecule is COc1nc(Cl)c(C(=O)Cl)cc1Cl. The lowest BCUT2D eigenvalue weighted by molar-refractivity contribution is 0.108. The number of carbonyl (C=O) groups excluding carboxylic acids is 1. The zero-order chi connectivity index (χ0) is 10.0. The third-order valence-electron chi connectivity index (χ3n) is 1.30. The van der Waals surface area contributed by atoms with Crippen LogP contribution in [0.4, 0.5) is 0 Å². The molecule has 70 valence electrons. The summed E-state index contributed by atoms with van der Waals surface area (Å²) in [5.41, 5.74) is 0.0640. The van der Waals surface area contributed by atoms with E-state index in [1.54, 1.807) is 0 Å². The molecule has 1 rings (SSSR count). The number of carbonyl (C=O) groups is 1. The topological polar surface area (TPSA) is 39.2 Å². The Balaban J connectivity index is 3.28. The molecule has 3 nitrogen and oxygen atoms in total. The van der Waals surface area contributed by atoms with Gasteiger partial charge in [0.1, 0.15) is 10.2 Å². The minimum Gasteiger partial charge on any atom is -0.480 e. The van der Waals surface area contributed by atoms with Gasteiger partial charge >= 0.3 is 0 Å². The van der Waals surface area contributed by atoms with Gasteiger partial charge in [0.05, 0.1) is 12.7 Å². The van der Waals surface area contributed by atoms with Gasteiger partial charge in [0.25, 0.3) is 5.24 Å². The maximum atomic E-state index is 10.8. The highest BCUT2D eigenvalue weighted by atomic mass is 35.5. The fraction of sp³-hybridized carbons (Fsp3) is 0.143. The molecule has 0 amide bonds. The second kappa shape index (κ2) is 4.13. The summed E-state index contributed by atoms with van der Waals surface area (Å²) in [6, 6.07) is 1.31. The number of methoxy groups -OCH3 is 1. The smallest absolute Gasteiger partial charge is 0.255 e. The molecule has 1 heterocycles. The third kappa shape index (κ3) is 2.24. The molecule has 0 saturated heterocycles. The van der Waals surface area contributed by atoms with Gasteiger partial charge in [-0.15, -0.1) is 0 Å². The van der Waals surface area contributed by atoms with Crippen LogP contribution in [-0.2, 0) is 0 Å². The van der Waals surface area contributed by atoms with E-state index in [1.165, 1.54) is 13.2 Å². The van der Waals surface area contributed by atoms with E-state index in [1.807, 2.05) is 0 Å². The Kier molecular flexibility index (Phi) is 3.36. The lowest BCUT2D eigenvalue weighted by atomic mass is 10.3. The quantitative estimate of drug-likeness (QED) is 0.589. The van der Waals surface area contributed by atoms with Crippen molar-refractivity contribution >= 4 is 40.0 Å². The molecule has 0 radical (unpaired) electrons. The monoisotopic (exact) mass is 239 g/mol. The Labute approximate surface area is 89.6 Å². The molecule has 6 heteroatoms. The molecular formula is C7H4Cl3NO2. The van der Waals surface area contributed by atoms with Crippen molar-refractivity contribution in [1.29, 1.82) is 0 Å². The normalized spacial score (nSPS) is 9.85. The van der Waals surface area contributed by atoms with Gasteiger partial charge in [0.15, 0.2) is 0 Å². The summed E-state index contributed by atoms with van der Waals surface area (Å²) >= 11 is 16.5. The van der Waals surface area contributed by atoms with Crippen molar-refractivity contribution in [2.24, 2.45) is 0 Å². The summed E-state index contributed by atoms with van der Waals surface area (Å²) in [6.07, 6.45) is 0. The standard InChI is InChI=1S/C7H4Cl3NO2/c1-13-7-4(8)2-3(6(10)12)5(9)11-7/h2H,1H3. The Morgan fingerprint density at radius 3 is 2.62 bits per heavy atom. The molecular weight excluding hydrogens is 236 g/mol. The highest BCUT2D eigenvalue weighted by Gasteiger charge is 2.13. The number of hydrogen-bond donors (Lipinski definition) is 0. The third-order valence-corrected chi connectivity index (χ3v) is 2.06. The van der Waals surface area contributed by atoms with Gasteiger partial charge < -0.3 is 4.74 Å². The van der Waals surface area contributed by atoms with Gasteiger partial charge in [-0.05, 0) is 17.7 Å². The molecule has 0 aliphatic carbocycles. The zero-order valence-corrected chi connectivity index (χ0v) is 8.74. The van der Waals surface area contributed by atoms with E-state index in [-0.39, 0.29) is 21.6 Å². The number of aromatic nitrogens is 1. The molecule has 1 aromatic heterocycles. The van der Waals surface area contributed by atoms with Crippen molar-refractivity contribution in [3.8, 4) is 5.88 Å². The Morgan fingerprint density at radius 2 is 2.15 bits per heavy atom. The van der Waals surface area contributed by atoms with Crippen LogP contribution in [-0.4, -0.2) is 17.3 Å². The van der Waals surface area contributed by atoms with Crippen LogP contribution in [0.2, 0.25) is 10.2 Å². The van der Waals surface area contributed by atoms with Crippen LogP contribution < -0.4 is 4.74 Å². The first kappa shape index (κ1) is 10.6. The van der Waals surface area contributed by atoms with Crippen LogP contribution in [0.3, 0.4) is 0 Å². The maximum absolute atomic E-state index is 10.8. The summed E-state index contributed by atoms with van der Waals surface area (Å²) in [5, 5.41) is -0.542. The molecule has 0 aliphatic rings. The summed E-state index contributed by atoms with van der Waals surface area (Å²) in [5.74, 6) is 0.160. The zero-order valence-electron chi connectivity index (χ0n) is 6.47. The van der Waals surface area contributed by atoms with E-state index in [0.717, 1.165) is 0 Å². The fourth-order valence-corrected chi connectivity index (χ4v) is 1.37. The first-order valence-corrected chi connectivity index (χ1v) is 4.29. The highest BCUT2D eigenvalue weighted by molar-refractivity contribution is 6.68. The molecule has 0 bridgehead atoms. The fourth-order valence-electron chi connectivity index (χ4n) is 0.732. The molecule has 0 saturated carbocycles. The van der Waals surface area contributed by atoms with Crippen molar-refractivity contribution in [3.05, 3.63) is 21.8 Å². The second-order valence-electron chi connectivity index (χ2n) is 2.09. The van der Waals surface area contributed by atoms with Crippen LogP contribution >= 0.6 is 34.8 Å². The van der Waals surface area contributed by atoms with Gasteiger partial charge in [-0.3, -0.25) is 4.79 Å². The van der Waals surface area contributed by atoms with E-state index in [4.69, 9.17) is 39.5 Å². The molecule has 0 aromatic carbocycles. The number of nitrogens with zero attached hydrogens (tertiary/aromatic N) is 1. The summed E-state index contributed by atoms with van der Waals surface area (Å²) < 4.78 is 4.78. The van der Waals surface area contributed by atoms with Crippen molar-refractivity contribution in [2.45, 2.75) is 0 Å². The average molecular weight is 240 g/mol. The lowest BCUT2D eigenvalue weighted by Gasteiger charge is -2.03. The molecule has 0 spiro atoms. The number of ether oxygens (including phenoxy) is 1. The summed E-state index contributed by atoms with van der Waals surface area (Å²) in [6.45, 7) is 0. The highest BCUT2D eigenvalue weighted by Crippen LogP contribution is 2.27. The molecule has 1 aromatic rings. The van der Waals surface area contributed by atoms with Crippen LogP contribution in [0.15, 0.2) is 6.07 Å². The molecule has 13 heavy (non-hydrogen) atoms. The number of hydrogen-bond acceptors (Lipinski definition) is 3. The number of halogens is 3. The minimum atomic E-state index is -0.706. The first-order chi connectivity index (χ1) is 6.06. The molecule has 0 fully saturated rings. The summed E-state index contributed by atoms with van der Waals surface area (Å²) in [7, 11) is 1.40. The van der Waals surface area contributed by atoms with E-state index >= 15 is 0 Å². The van der Waals surface area contributed by atoms with Crippen LogP contribution in [0.25, 0.3) is 0 Å². The van der Waals surface area contributed by atoms with E-state index < -0.39 is 5.24 Å². The van der Waals surface area contributed by atoms with Crippen LogP contribution in [0, 0.1) is 0 Å². The number of pyridine rings is 1. The van der Waals surface area contributed by atoms with Crippen molar-refractivity contribution < 1.29 is 9.53 Å². The Morgan fingerprint density at radius 1 is 1.54 bits per heavy atom. The second-order valence-corrected chi connectivity index (χ2v) is 3.20. The average Bonchev–Trinajstić information content (AvgIpc) is 2.07. The van der Waals surface area contributed by atoms with Gasteiger partial charge in [-0.25, -0.2) is 0 Å². The van der Waals surface area contributed by atoms with Crippen molar-refractivity contribution in [3.63, 3.8) is 0 Å². The molecule has 0 unspecified atom stereocenters. The predicted octanol–water partition coefficient (Wildman–Crippen LogP) is 2.78. The first-order valence-electron chi connectivity index (χ1n) is 3.16. The molecule has 0 N–H and O–H groups in total. The minimum absolute atomic E-state index is 0.0266. The maximum Gasteiger partial charge on any atom is 0.255 e. The van der Waals surface area contributed by atoms with Gasteiger partial charge in [-0.1, -0.05) is 23.2 Å². The van der Waals surface area contributed by atoms with Gasteiger partial charge in [-0.2, -0.15) is 4.98 Å². The largest absolute Gasteiger partial charge is 0.480 e. The van der Waals surface area contributed by atoms with Crippen LogP contribution in [0.1, 0.15) is 10.4 Å². The number of rotatable bonds is 2. The van der Waals surface area contributed by atoms with E-state index in [0.29, 0.717) is 0 Å². The van der Waals surface area contributed by atoms with Crippen molar-refractivity contribution in [2.75, 3.05) is 7.11 Å². The molecule has 0 aliphatic heterocycles. The Bertz CT molecular complexity index is 354. The lowest BCUT2D eigenvalue weighted by Crippen LogP contribution is -1.96. The summed E-state index contributed by atoms with van der Waals surface area (Å²) in [4.78, 5) is 14.5. The van der Waals surface area contributed by atoms with E-state index in [9.17, 15) is 4.79 Å².